The van der Waals surface area contributed by atoms with Gasteiger partial charge in [0.2, 0.25) is 0 Å². The lowest BCUT2D eigenvalue weighted by Gasteiger charge is -1.97. The number of ether oxygens (including phenoxy) is 1. The molecule has 0 fully saturated rings. The Balaban J connectivity index is 2.01. The first-order chi connectivity index (χ1) is 10.3. The van der Waals surface area contributed by atoms with E-state index in [9.17, 15) is 4.79 Å². The third-order valence-electron chi connectivity index (χ3n) is 3.24. The van der Waals surface area contributed by atoms with Gasteiger partial charge in [0.25, 0.3) is 0 Å². The molecule has 3 heteroatoms. The molecule has 0 aliphatic carbocycles. The van der Waals surface area contributed by atoms with E-state index in [0.29, 0.717) is 4.88 Å². The standard InChI is InChI=1S/C18H14O2S/c1-20-18(19)17-12-15-14(8-5-9-16(15)21-17)11-10-13-6-3-2-4-7-13/h2-12H,1H3. The van der Waals surface area contributed by atoms with Crippen LogP contribution in [0, 0.1) is 0 Å². The number of esters is 1. The minimum absolute atomic E-state index is 0.283. The van der Waals surface area contributed by atoms with E-state index >= 15 is 0 Å². The first-order valence-electron chi connectivity index (χ1n) is 6.62. The Morgan fingerprint density at radius 2 is 1.86 bits per heavy atom. The van der Waals surface area contributed by atoms with Crippen molar-refractivity contribution < 1.29 is 9.53 Å². The molecule has 1 aromatic heterocycles. The van der Waals surface area contributed by atoms with Gasteiger partial charge < -0.3 is 4.74 Å². The molecule has 3 rings (SSSR count). The van der Waals surface area contributed by atoms with Gasteiger partial charge in [0.15, 0.2) is 0 Å². The van der Waals surface area contributed by atoms with Gasteiger partial charge in [0.05, 0.1) is 7.11 Å². The van der Waals surface area contributed by atoms with E-state index in [1.807, 2.05) is 36.4 Å². The van der Waals surface area contributed by atoms with E-state index in [0.717, 1.165) is 21.2 Å². The largest absolute Gasteiger partial charge is 0.465 e. The smallest absolute Gasteiger partial charge is 0.348 e. The molecule has 0 unspecified atom stereocenters. The summed E-state index contributed by atoms with van der Waals surface area (Å²) in [6.45, 7) is 0. The number of hydrogen-bond donors (Lipinski definition) is 0. The van der Waals surface area contributed by atoms with E-state index in [1.165, 1.54) is 18.4 Å². The first kappa shape index (κ1) is 13.6. The van der Waals surface area contributed by atoms with Crippen molar-refractivity contribution in [3.05, 3.63) is 70.6 Å². The van der Waals surface area contributed by atoms with Crippen molar-refractivity contribution in [2.24, 2.45) is 0 Å². The number of hydrogen-bond acceptors (Lipinski definition) is 3. The molecule has 0 radical (unpaired) electrons. The van der Waals surface area contributed by atoms with Gasteiger partial charge in [-0.1, -0.05) is 54.6 Å². The Hall–Kier alpha value is -2.39. The highest BCUT2D eigenvalue weighted by Crippen LogP contribution is 2.29. The second-order valence-corrected chi connectivity index (χ2v) is 5.69. The highest BCUT2D eigenvalue weighted by atomic mass is 32.1. The maximum Gasteiger partial charge on any atom is 0.348 e. The average molecular weight is 294 g/mol. The summed E-state index contributed by atoms with van der Waals surface area (Å²) in [4.78, 5) is 12.3. The predicted octanol–water partition coefficient (Wildman–Crippen LogP) is 4.86. The molecule has 2 aromatic carbocycles. The zero-order valence-electron chi connectivity index (χ0n) is 11.6. The van der Waals surface area contributed by atoms with Crippen molar-refractivity contribution >= 4 is 39.5 Å². The topological polar surface area (TPSA) is 26.3 Å². The van der Waals surface area contributed by atoms with E-state index in [2.05, 4.69) is 30.4 Å². The molecule has 104 valence electrons. The molecule has 0 saturated carbocycles. The SMILES string of the molecule is COC(=O)c1cc2c(C=Cc3ccccc3)cccc2s1. The van der Waals surface area contributed by atoms with Gasteiger partial charge in [0, 0.05) is 10.1 Å². The predicted molar refractivity (Wildman–Crippen MR) is 88.5 cm³/mol. The number of carbonyl (C=O) groups is 1. The van der Waals surface area contributed by atoms with Crippen LogP contribution >= 0.6 is 11.3 Å². The molecule has 0 bridgehead atoms. The monoisotopic (exact) mass is 294 g/mol. The quantitative estimate of drug-likeness (QED) is 0.509. The molecule has 0 spiro atoms. The van der Waals surface area contributed by atoms with E-state index in [-0.39, 0.29) is 5.97 Å². The number of benzene rings is 2. The van der Waals surface area contributed by atoms with Crippen molar-refractivity contribution in [1.82, 2.24) is 0 Å². The lowest BCUT2D eigenvalue weighted by Crippen LogP contribution is -1.96. The van der Waals surface area contributed by atoms with Crippen LogP contribution in [0.5, 0.6) is 0 Å². The first-order valence-corrected chi connectivity index (χ1v) is 7.43. The lowest BCUT2D eigenvalue weighted by atomic mass is 10.1. The van der Waals surface area contributed by atoms with E-state index in [4.69, 9.17) is 4.74 Å². The second kappa shape index (κ2) is 5.94. The van der Waals surface area contributed by atoms with Gasteiger partial charge in [0.1, 0.15) is 4.88 Å². The fourth-order valence-electron chi connectivity index (χ4n) is 2.18. The minimum Gasteiger partial charge on any atom is -0.465 e. The van der Waals surface area contributed by atoms with Crippen molar-refractivity contribution in [2.45, 2.75) is 0 Å². The van der Waals surface area contributed by atoms with Gasteiger partial charge in [-0.15, -0.1) is 11.3 Å². The summed E-state index contributed by atoms with van der Waals surface area (Å²) in [7, 11) is 1.41. The third-order valence-corrected chi connectivity index (χ3v) is 4.32. The number of carbonyl (C=O) groups excluding carboxylic acids is 1. The molecular formula is C18H14O2S. The Morgan fingerprint density at radius 3 is 2.62 bits per heavy atom. The number of fused-ring (bicyclic) bond motifs is 1. The zero-order valence-corrected chi connectivity index (χ0v) is 12.4. The van der Waals surface area contributed by atoms with Crippen LogP contribution in [0.4, 0.5) is 0 Å². The molecule has 3 aromatic rings. The maximum atomic E-state index is 11.6. The normalized spacial score (nSPS) is 11.1. The number of rotatable bonds is 3. The Kier molecular flexibility index (Phi) is 3.84. The molecule has 0 saturated heterocycles. The summed E-state index contributed by atoms with van der Waals surface area (Å²) in [6.07, 6.45) is 4.15. The van der Waals surface area contributed by atoms with Gasteiger partial charge in [-0.05, 0) is 23.3 Å². The highest BCUT2D eigenvalue weighted by molar-refractivity contribution is 7.20. The third kappa shape index (κ3) is 2.88. The molecule has 0 aliphatic rings. The Bertz CT molecular complexity index is 800. The van der Waals surface area contributed by atoms with Gasteiger partial charge >= 0.3 is 5.97 Å². The van der Waals surface area contributed by atoms with Crippen LogP contribution in [-0.2, 0) is 4.74 Å². The van der Waals surface area contributed by atoms with Crippen LogP contribution in [0.15, 0.2) is 54.6 Å². The van der Waals surface area contributed by atoms with Gasteiger partial charge in [-0.3, -0.25) is 0 Å². The highest BCUT2D eigenvalue weighted by Gasteiger charge is 2.11. The maximum absolute atomic E-state index is 11.6. The van der Waals surface area contributed by atoms with Gasteiger partial charge in [-0.25, -0.2) is 4.79 Å². The summed E-state index contributed by atoms with van der Waals surface area (Å²) in [5.41, 5.74) is 2.25. The van der Waals surface area contributed by atoms with Crippen molar-refractivity contribution in [2.75, 3.05) is 7.11 Å². The van der Waals surface area contributed by atoms with Gasteiger partial charge in [-0.2, -0.15) is 0 Å². The van der Waals surface area contributed by atoms with E-state index in [1.54, 1.807) is 0 Å². The van der Waals surface area contributed by atoms with Crippen molar-refractivity contribution in [3.8, 4) is 0 Å². The fourth-order valence-corrected chi connectivity index (χ4v) is 3.19. The lowest BCUT2D eigenvalue weighted by molar-refractivity contribution is 0.0606. The van der Waals surface area contributed by atoms with Crippen LogP contribution in [0.2, 0.25) is 0 Å². The minimum atomic E-state index is -0.283. The molecule has 0 amide bonds. The summed E-state index contributed by atoms with van der Waals surface area (Å²) in [5.74, 6) is -0.283. The van der Waals surface area contributed by atoms with Crippen LogP contribution in [0.25, 0.3) is 22.2 Å². The molecule has 2 nitrogen and oxygen atoms in total. The summed E-state index contributed by atoms with van der Waals surface area (Å²) in [6, 6.07) is 18.1. The number of methoxy groups -OCH3 is 1. The van der Waals surface area contributed by atoms with Crippen LogP contribution in [0.1, 0.15) is 20.8 Å². The molecule has 0 atom stereocenters. The van der Waals surface area contributed by atoms with Crippen molar-refractivity contribution in [1.29, 1.82) is 0 Å². The van der Waals surface area contributed by atoms with E-state index < -0.39 is 0 Å². The average Bonchev–Trinajstić information content (AvgIpc) is 2.97. The number of thiophene rings is 1. The fraction of sp³-hybridized carbons (Fsp3) is 0.0556. The molecule has 1 heterocycles. The summed E-state index contributed by atoms with van der Waals surface area (Å²) >= 11 is 1.46. The molecule has 21 heavy (non-hydrogen) atoms. The van der Waals surface area contributed by atoms with Crippen molar-refractivity contribution in [3.63, 3.8) is 0 Å². The van der Waals surface area contributed by atoms with Crippen LogP contribution in [-0.4, -0.2) is 13.1 Å². The molecule has 0 aliphatic heterocycles. The molecule has 0 N–H and O–H groups in total. The second-order valence-electron chi connectivity index (χ2n) is 4.61. The Labute approximate surface area is 127 Å². The van der Waals surface area contributed by atoms with Crippen LogP contribution < -0.4 is 0 Å². The zero-order chi connectivity index (χ0) is 14.7. The summed E-state index contributed by atoms with van der Waals surface area (Å²) < 4.78 is 5.88. The summed E-state index contributed by atoms with van der Waals surface area (Å²) in [5, 5.41) is 1.08. The Morgan fingerprint density at radius 1 is 1.05 bits per heavy atom. The molecular weight excluding hydrogens is 280 g/mol. The van der Waals surface area contributed by atoms with Crippen LogP contribution in [0.3, 0.4) is 0 Å².